The number of allylic oxidation sites excluding steroid dienone is 1. The van der Waals surface area contributed by atoms with E-state index in [4.69, 9.17) is 4.74 Å². The smallest absolute Gasteiger partial charge is 0.119 e. The van der Waals surface area contributed by atoms with Crippen LogP contribution in [0.4, 0.5) is 0 Å². The number of hydrogen-bond acceptors (Lipinski definition) is 1. The van der Waals surface area contributed by atoms with Gasteiger partial charge in [0.1, 0.15) is 5.75 Å². The number of methoxy groups -OCH3 is 1. The Morgan fingerprint density at radius 1 is 1.15 bits per heavy atom. The van der Waals surface area contributed by atoms with Crippen LogP contribution in [0, 0.1) is 5.92 Å². The molecule has 1 saturated carbocycles. The summed E-state index contributed by atoms with van der Waals surface area (Å²) in [7, 11) is 1.71. The topological polar surface area (TPSA) is 9.23 Å². The summed E-state index contributed by atoms with van der Waals surface area (Å²) in [4.78, 5) is 0. The van der Waals surface area contributed by atoms with Gasteiger partial charge >= 0.3 is 0 Å². The highest BCUT2D eigenvalue weighted by Crippen LogP contribution is 2.51. The average molecular weight is 329 g/mol. The van der Waals surface area contributed by atoms with Crippen molar-refractivity contribution in [3.05, 3.63) is 70.2 Å². The lowest BCUT2D eigenvalue weighted by Crippen LogP contribution is -1.88. The van der Waals surface area contributed by atoms with Crippen molar-refractivity contribution >= 4 is 22.0 Å². The monoisotopic (exact) mass is 328 g/mol. The average Bonchev–Trinajstić information content (AvgIpc) is 3.26. The first-order valence-electron chi connectivity index (χ1n) is 6.84. The number of ether oxygens (including phenoxy) is 1. The molecule has 2 unspecified atom stereocenters. The van der Waals surface area contributed by atoms with Gasteiger partial charge in [0.15, 0.2) is 0 Å². The zero-order chi connectivity index (χ0) is 13.9. The maximum Gasteiger partial charge on any atom is 0.119 e. The molecule has 0 aromatic heterocycles. The Kier molecular flexibility index (Phi) is 3.93. The minimum atomic E-state index is 0.611. The normalized spacial score (nSPS) is 21.1. The summed E-state index contributed by atoms with van der Waals surface area (Å²) < 4.78 is 6.49. The van der Waals surface area contributed by atoms with Crippen LogP contribution in [0.1, 0.15) is 23.5 Å². The molecule has 1 nitrogen and oxygen atoms in total. The molecule has 0 bridgehead atoms. The van der Waals surface area contributed by atoms with Gasteiger partial charge in [-0.25, -0.2) is 0 Å². The van der Waals surface area contributed by atoms with Crippen molar-refractivity contribution in [2.45, 2.75) is 12.3 Å². The molecule has 2 heteroatoms. The second kappa shape index (κ2) is 5.84. The lowest BCUT2D eigenvalue weighted by Gasteiger charge is -2.06. The van der Waals surface area contributed by atoms with Crippen molar-refractivity contribution in [3.63, 3.8) is 0 Å². The van der Waals surface area contributed by atoms with Gasteiger partial charge in [-0.1, -0.05) is 58.4 Å². The van der Waals surface area contributed by atoms with E-state index in [2.05, 4.69) is 64.5 Å². The Morgan fingerprint density at radius 2 is 1.95 bits per heavy atom. The molecule has 0 N–H and O–H groups in total. The molecule has 3 rings (SSSR count). The molecule has 2 atom stereocenters. The van der Waals surface area contributed by atoms with Gasteiger partial charge in [0, 0.05) is 4.47 Å². The van der Waals surface area contributed by atoms with Crippen LogP contribution in [0.5, 0.6) is 5.75 Å². The summed E-state index contributed by atoms with van der Waals surface area (Å²) in [5.74, 6) is 2.18. The molecule has 20 heavy (non-hydrogen) atoms. The summed E-state index contributed by atoms with van der Waals surface area (Å²) in [6.07, 6.45) is 5.76. The third kappa shape index (κ3) is 2.96. The molecule has 1 fully saturated rings. The molecule has 1 aliphatic rings. The fourth-order valence-corrected chi connectivity index (χ4v) is 3.06. The minimum Gasteiger partial charge on any atom is -0.497 e. The second-order valence-corrected chi connectivity index (χ2v) is 6.02. The van der Waals surface area contributed by atoms with Crippen LogP contribution in [-0.2, 0) is 0 Å². The maximum absolute atomic E-state index is 5.31. The highest BCUT2D eigenvalue weighted by atomic mass is 79.9. The van der Waals surface area contributed by atoms with E-state index in [0.717, 1.165) is 5.75 Å². The Balaban J connectivity index is 1.71. The van der Waals surface area contributed by atoms with Gasteiger partial charge < -0.3 is 4.74 Å². The zero-order valence-electron chi connectivity index (χ0n) is 11.4. The molecule has 2 aromatic rings. The maximum atomic E-state index is 5.31. The molecule has 102 valence electrons. The standard InChI is InChI=1S/C18H17BrO/c1-20-15-9-10-18(19)17(12-15)16-11-14(16)8-7-13-5-3-2-4-6-13/h2-10,12,14,16H,11H2,1H3/b8-7+. The molecule has 0 radical (unpaired) electrons. The van der Waals surface area contributed by atoms with E-state index in [1.54, 1.807) is 7.11 Å². The number of hydrogen-bond donors (Lipinski definition) is 0. The first-order valence-corrected chi connectivity index (χ1v) is 7.64. The van der Waals surface area contributed by atoms with Crippen LogP contribution >= 0.6 is 15.9 Å². The van der Waals surface area contributed by atoms with Gasteiger partial charge in [-0.3, -0.25) is 0 Å². The molecule has 0 aliphatic heterocycles. The number of rotatable bonds is 4. The van der Waals surface area contributed by atoms with E-state index in [0.29, 0.717) is 11.8 Å². The molecule has 0 amide bonds. The SMILES string of the molecule is COc1ccc(Br)c(C2CC2/C=C/c2ccccc2)c1. The van der Waals surface area contributed by atoms with Gasteiger partial charge in [-0.2, -0.15) is 0 Å². The molecular weight excluding hydrogens is 312 g/mol. The lowest BCUT2D eigenvalue weighted by atomic mass is 10.1. The van der Waals surface area contributed by atoms with Crippen molar-refractivity contribution < 1.29 is 4.74 Å². The fraction of sp³-hybridized carbons (Fsp3) is 0.222. The van der Waals surface area contributed by atoms with E-state index >= 15 is 0 Å². The summed E-state index contributed by atoms with van der Waals surface area (Å²) in [6.45, 7) is 0. The van der Waals surface area contributed by atoms with Gasteiger partial charge in [-0.05, 0) is 47.6 Å². The van der Waals surface area contributed by atoms with Crippen LogP contribution in [0.15, 0.2) is 59.1 Å². The Labute approximate surface area is 128 Å². The van der Waals surface area contributed by atoms with E-state index in [-0.39, 0.29) is 0 Å². The van der Waals surface area contributed by atoms with Gasteiger partial charge in [0.25, 0.3) is 0 Å². The third-order valence-corrected chi connectivity index (χ3v) is 4.50. The molecule has 0 spiro atoms. The first kappa shape index (κ1) is 13.4. The van der Waals surface area contributed by atoms with E-state index in [1.165, 1.54) is 22.0 Å². The van der Waals surface area contributed by atoms with Crippen LogP contribution < -0.4 is 4.74 Å². The van der Waals surface area contributed by atoms with Crippen molar-refractivity contribution in [2.75, 3.05) is 7.11 Å². The Hall–Kier alpha value is -1.54. The van der Waals surface area contributed by atoms with Crippen molar-refractivity contribution in [2.24, 2.45) is 5.92 Å². The lowest BCUT2D eigenvalue weighted by molar-refractivity contribution is 0.414. The van der Waals surface area contributed by atoms with E-state index < -0.39 is 0 Å². The number of benzene rings is 2. The second-order valence-electron chi connectivity index (χ2n) is 5.16. The molecule has 0 heterocycles. The van der Waals surface area contributed by atoms with Crippen LogP contribution in [-0.4, -0.2) is 7.11 Å². The molecule has 2 aromatic carbocycles. The van der Waals surface area contributed by atoms with Crippen LogP contribution in [0.2, 0.25) is 0 Å². The first-order chi connectivity index (χ1) is 9.78. The minimum absolute atomic E-state index is 0.611. The Bertz CT molecular complexity index is 619. The van der Waals surface area contributed by atoms with Crippen molar-refractivity contribution in [1.29, 1.82) is 0 Å². The van der Waals surface area contributed by atoms with Gasteiger partial charge in [-0.15, -0.1) is 0 Å². The molecular formula is C18H17BrO. The predicted molar refractivity (Wildman–Crippen MR) is 87.0 cm³/mol. The highest BCUT2D eigenvalue weighted by molar-refractivity contribution is 9.10. The largest absolute Gasteiger partial charge is 0.497 e. The predicted octanol–water partition coefficient (Wildman–Crippen LogP) is 5.27. The van der Waals surface area contributed by atoms with Crippen LogP contribution in [0.3, 0.4) is 0 Å². The van der Waals surface area contributed by atoms with E-state index in [9.17, 15) is 0 Å². The Morgan fingerprint density at radius 3 is 2.70 bits per heavy atom. The van der Waals surface area contributed by atoms with Gasteiger partial charge in [0.05, 0.1) is 7.11 Å². The molecule has 0 saturated heterocycles. The van der Waals surface area contributed by atoms with E-state index in [1.807, 2.05) is 12.1 Å². The van der Waals surface area contributed by atoms with Gasteiger partial charge in [0.2, 0.25) is 0 Å². The third-order valence-electron chi connectivity index (χ3n) is 3.78. The summed E-state index contributed by atoms with van der Waals surface area (Å²) in [6, 6.07) is 16.7. The fourth-order valence-electron chi connectivity index (χ4n) is 2.52. The highest BCUT2D eigenvalue weighted by Gasteiger charge is 2.37. The van der Waals surface area contributed by atoms with Crippen LogP contribution in [0.25, 0.3) is 6.08 Å². The van der Waals surface area contributed by atoms with Crippen molar-refractivity contribution in [3.8, 4) is 5.75 Å². The zero-order valence-corrected chi connectivity index (χ0v) is 13.0. The summed E-state index contributed by atoms with van der Waals surface area (Å²) >= 11 is 3.64. The quantitative estimate of drug-likeness (QED) is 0.742. The summed E-state index contributed by atoms with van der Waals surface area (Å²) in [5, 5.41) is 0. The number of halogens is 1. The summed E-state index contributed by atoms with van der Waals surface area (Å²) in [5.41, 5.74) is 2.62. The molecule has 1 aliphatic carbocycles. The van der Waals surface area contributed by atoms with Crippen molar-refractivity contribution in [1.82, 2.24) is 0 Å².